The first-order chi connectivity index (χ1) is 13.5. The maximum Gasteiger partial charge on any atom is 0.321 e. The Morgan fingerprint density at radius 3 is 2.89 bits per heavy atom. The Hall–Kier alpha value is -3.09. The summed E-state index contributed by atoms with van der Waals surface area (Å²) in [5.41, 5.74) is 3.84. The fraction of sp³-hybridized carbons (Fsp3) is 0.381. The van der Waals surface area contributed by atoms with Crippen LogP contribution in [0.5, 0.6) is 0 Å². The van der Waals surface area contributed by atoms with E-state index in [4.69, 9.17) is 0 Å². The Labute approximate surface area is 162 Å². The molecule has 0 saturated carbocycles. The number of carbonyl (C=O) groups excluding carboxylic acids is 1. The van der Waals surface area contributed by atoms with Crippen molar-refractivity contribution in [1.29, 1.82) is 0 Å². The number of fused-ring (bicyclic) bond motifs is 5. The number of nitrogens with zero attached hydrogens (tertiary/aromatic N) is 4. The number of benzene rings is 1. The van der Waals surface area contributed by atoms with E-state index in [1.165, 1.54) is 0 Å². The molecule has 2 aliphatic rings. The summed E-state index contributed by atoms with van der Waals surface area (Å²) >= 11 is 0. The highest BCUT2D eigenvalue weighted by atomic mass is 16.2. The molecular weight excluding hydrogens is 354 g/mol. The number of pyridine rings is 1. The molecule has 2 atom stereocenters. The molecule has 2 amide bonds. The van der Waals surface area contributed by atoms with Crippen molar-refractivity contribution < 1.29 is 4.79 Å². The molecule has 5 rings (SSSR count). The van der Waals surface area contributed by atoms with Crippen molar-refractivity contribution in [1.82, 2.24) is 19.2 Å². The van der Waals surface area contributed by atoms with Gasteiger partial charge in [0.2, 0.25) is 0 Å². The first-order valence-electron chi connectivity index (χ1n) is 9.68. The number of piperidine rings is 1. The second-order valence-electron chi connectivity index (χ2n) is 7.97. The third-order valence-corrected chi connectivity index (χ3v) is 6.15. The molecule has 0 unspecified atom stereocenters. The van der Waals surface area contributed by atoms with E-state index < -0.39 is 0 Å². The highest BCUT2D eigenvalue weighted by Gasteiger charge is 2.36. The first-order valence-corrected chi connectivity index (χ1v) is 9.68. The third kappa shape index (κ3) is 2.69. The van der Waals surface area contributed by atoms with E-state index in [1.54, 1.807) is 6.07 Å². The largest absolute Gasteiger partial charge is 0.324 e. The highest BCUT2D eigenvalue weighted by Crippen LogP contribution is 2.35. The van der Waals surface area contributed by atoms with Crippen LogP contribution in [0.25, 0.3) is 10.9 Å². The molecule has 0 radical (unpaired) electrons. The van der Waals surface area contributed by atoms with Gasteiger partial charge in [0.1, 0.15) is 0 Å². The number of aromatic nitrogens is 3. The maximum absolute atomic E-state index is 12.9. The fourth-order valence-corrected chi connectivity index (χ4v) is 4.67. The van der Waals surface area contributed by atoms with Gasteiger partial charge in [0.05, 0.1) is 5.52 Å². The normalized spacial score (nSPS) is 20.9. The summed E-state index contributed by atoms with van der Waals surface area (Å²) < 4.78 is 3.73. The molecule has 3 aromatic rings. The van der Waals surface area contributed by atoms with Gasteiger partial charge in [0, 0.05) is 61.1 Å². The van der Waals surface area contributed by atoms with Gasteiger partial charge in [-0.2, -0.15) is 5.10 Å². The minimum absolute atomic E-state index is 0.0593. The summed E-state index contributed by atoms with van der Waals surface area (Å²) in [6, 6.07) is 11.2. The average molecular weight is 377 g/mol. The number of hydrogen-bond acceptors (Lipinski definition) is 3. The highest BCUT2D eigenvalue weighted by molar-refractivity contribution is 5.93. The second-order valence-corrected chi connectivity index (χ2v) is 7.97. The molecule has 1 saturated heterocycles. The predicted molar refractivity (Wildman–Crippen MR) is 108 cm³/mol. The molecule has 7 heteroatoms. The van der Waals surface area contributed by atoms with E-state index in [0.29, 0.717) is 25.6 Å². The number of amides is 2. The fourth-order valence-electron chi connectivity index (χ4n) is 4.67. The molecule has 1 aromatic carbocycles. The van der Waals surface area contributed by atoms with Crippen LogP contribution in [0.3, 0.4) is 0 Å². The Morgan fingerprint density at radius 1 is 1.18 bits per heavy atom. The SMILES string of the molecule is Cc1c2ccc(NC(=O)N3C[C@@H]4C[C@H](C3)c3cccc(=O)n3C4)cc2nn1C. The van der Waals surface area contributed by atoms with E-state index in [1.807, 2.05) is 58.5 Å². The van der Waals surface area contributed by atoms with E-state index in [0.717, 1.165) is 34.4 Å². The van der Waals surface area contributed by atoms with Gasteiger partial charge in [0.25, 0.3) is 5.56 Å². The van der Waals surface area contributed by atoms with Gasteiger partial charge in [-0.3, -0.25) is 9.48 Å². The van der Waals surface area contributed by atoms with E-state index >= 15 is 0 Å². The van der Waals surface area contributed by atoms with Crippen LogP contribution in [0.1, 0.15) is 23.7 Å². The van der Waals surface area contributed by atoms with Crippen LogP contribution in [0.4, 0.5) is 10.5 Å². The summed E-state index contributed by atoms with van der Waals surface area (Å²) in [7, 11) is 1.92. The number of urea groups is 1. The quantitative estimate of drug-likeness (QED) is 0.709. The molecule has 7 nitrogen and oxygen atoms in total. The van der Waals surface area contributed by atoms with Crippen LogP contribution < -0.4 is 10.9 Å². The summed E-state index contributed by atoms with van der Waals surface area (Å²) in [4.78, 5) is 26.9. The van der Waals surface area contributed by atoms with Crippen molar-refractivity contribution in [3.63, 3.8) is 0 Å². The Morgan fingerprint density at radius 2 is 2.04 bits per heavy atom. The Kier molecular flexibility index (Phi) is 3.79. The smallest absolute Gasteiger partial charge is 0.321 e. The van der Waals surface area contributed by atoms with Crippen LogP contribution in [0, 0.1) is 12.8 Å². The zero-order valence-corrected chi connectivity index (χ0v) is 16.1. The van der Waals surface area contributed by atoms with Crippen molar-refractivity contribution in [3.8, 4) is 0 Å². The number of rotatable bonds is 1. The number of likely N-dealkylation sites (tertiary alicyclic amines) is 1. The number of aryl methyl sites for hydroxylation is 2. The molecule has 2 aliphatic heterocycles. The number of nitrogens with one attached hydrogen (secondary N) is 1. The van der Waals surface area contributed by atoms with Crippen molar-refractivity contribution in [2.24, 2.45) is 13.0 Å². The average Bonchev–Trinajstić information content (AvgIpc) is 2.96. The Bertz CT molecular complexity index is 1150. The number of hydrogen-bond donors (Lipinski definition) is 1. The zero-order valence-electron chi connectivity index (χ0n) is 16.1. The molecule has 28 heavy (non-hydrogen) atoms. The van der Waals surface area contributed by atoms with E-state index in [-0.39, 0.29) is 17.5 Å². The molecule has 144 valence electrons. The monoisotopic (exact) mass is 377 g/mol. The summed E-state index contributed by atoms with van der Waals surface area (Å²) in [6.45, 7) is 4.03. The van der Waals surface area contributed by atoms with Gasteiger partial charge < -0.3 is 14.8 Å². The third-order valence-electron chi connectivity index (χ3n) is 6.15. The topological polar surface area (TPSA) is 72.2 Å². The van der Waals surface area contributed by atoms with Crippen molar-refractivity contribution in [2.45, 2.75) is 25.8 Å². The molecule has 0 spiro atoms. The lowest BCUT2D eigenvalue weighted by Gasteiger charge is -2.42. The molecule has 2 bridgehead atoms. The molecular formula is C21H23N5O2. The van der Waals surface area contributed by atoms with E-state index in [2.05, 4.69) is 10.4 Å². The molecule has 2 aromatic heterocycles. The van der Waals surface area contributed by atoms with Crippen LogP contribution in [-0.4, -0.2) is 38.4 Å². The van der Waals surface area contributed by atoms with E-state index in [9.17, 15) is 9.59 Å². The van der Waals surface area contributed by atoms with Crippen molar-refractivity contribution in [3.05, 3.63) is 58.1 Å². The lowest BCUT2D eigenvalue weighted by atomic mass is 9.83. The summed E-state index contributed by atoms with van der Waals surface area (Å²) in [5, 5.41) is 8.61. The molecule has 1 N–H and O–H groups in total. The van der Waals surface area contributed by atoms with Gasteiger partial charge in [-0.15, -0.1) is 0 Å². The molecule has 1 fully saturated rings. The van der Waals surface area contributed by atoms with Crippen LogP contribution in [0.2, 0.25) is 0 Å². The minimum Gasteiger partial charge on any atom is -0.324 e. The lowest BCUT2D eigenvalue weighted by molar-refractivity contribution is 0.139. The standard InChI is InChI=1S/C21H23N5O2/c1-13-17-7-6-16(9-18(17)23-24(13)2)22-21(28)25-10-14-8-15(12-25)19-4-3-5-20(27)26(19)11-14/h3-7,9,14-15H,8,10-12H2,1-2H3,(H,22,28)/t14-,15+/m0/s1. The zero-order chi connectivity index (χ0) is 19.4. The van der Waals surface area contributed by atoms with Gasteiger partial charge in [-0.05, 0) is 43.5 Å². The van der Waals surface area contributed by atoms with Gasteiger partial charge in [-0.25, -0.2) is 4.79 Å². The summed E-state index contributed by atoms with van der Waals surface area (Å²) in [6.07, 6.45) is 1.03. The second kappa shape index (κ2) is 6.22. The predicted octanol–water partition coefficient (Wildman–Crippen LogP) is 2.69. The van der Waals surface area contributed by atoms with Crippen molar-refractivity contribution in [2.75, 3.05) is 18.4 Å². The molecule has 4 heterocycles. The number of carbonyl (C=O) groups is 1. The van der Waals surface area contributed by atoms with Crippen LogP contribution in [-0.2, 0) is 13.6 Å². The van der Waals surface area contributed by atoms with Gasteiger partial charge in [0.15, 0.2) is 0 Å². The number of anilines is 1. The van der Waals surface area contributed by atoms with Crippen molar-refractivity contribution >= 4 is 22.6 Å². The van der Waals surface area contributed by atoms with Gasteiger partial charge >= 0.3 is 6.03 Å². The lowest BCUT2D eigenvalue weighted by Crippen LogP contribution is -2.50. The minimum atomic E-state index is -0.0894. The van der Waals surface area contributed by atoms with Crippen LogP contribution in [0.15, 0.2) is 41.2 Å². The van der Waals surface area contributed by atoms with Gasteiger partial charge in [-0.1, -0.05) is 6.07 Å². The summed E-state index contributed by atoms with van der Waals surface area (Å²) in [5.74, 6) is 0.533. The first kappa shape index (κ1) is 17.0. The van der Waals surface area contributed by atoms with Crippen LogP contribution >= 0.6 is 0 Å². The molecule has 0 aliphatic carbocycles. The maximum atomic E-state index is 12.9. The Balaban J connectivity index is 1.36.